The molecular formula is C15H20N4O4S2. The van der Waals surface area contributed by atoms with E-state index < -0.39 is 20.0 Å². The summed E-state index contributed by atoms with van der Waals surface area (Å²) in [6, 6.07) is 6.22. The summed E-state index contributed by atoms with van der Waals surface area (Å²) in [5.74, 6) is 0. The van der Waals surface area contributed by atoms with E-state index in [-0.39, 0.29) is 10.9 Å². The molecule has 0 spiro atoms. The highest BCUT2D eigenvalue weighted by Gasteiger charge is 2.40. The second-order valence-corrected chi connectivity index (χ2v) is 9.72. The maximum Gasteiger partial charge on any atom is 0.268 e. The van der Waals surface area contributed by atoms with Gasteiger partial charge in [0.15, 0.2) is 0 Å². The molecule has 0 bridgehead atoms. The summed E-state index contributed by atoms with van der Waals surface area (Å²) in [6.45, 7) is 3.33. The Balaban J connectivity index is 2.00. The van der Waals surface area contributed by atoms with E-state index in [1.54, 1.807) is 38.1 Å². The van der Waals surface area contributed by atoms with E-state index in [1.807, 2.05) is 0 Å². The van der Waals surface area contributed by atoms with Crippen LogP contribution in [0.1, 0.15) is 24.2 Å². The Morgan fingerprint density at radius 3 is 2.16 bits per heavy atom. The first-order chi connectivity index (χ1) is 11.6. The number of sulfonamides is 2. The molecule has 10 heteroatoms. The van der Waals surface area contributed by atoms with Gasteiger partial charge in [0.2, 0.25) is 10.0 Å². The fourth-order valence-electron chi connectivity index (χ4n) is 2.76. The van der Waals surface area contributed by atoms with Crippen LogP contribution in [0.4, 0.5) is 11.4 Å². The number of nitrogens with zero attached hydrogens (tertiary/aromatic N) is 2. The van der Waals surface area contributed by atoms with E-state index in [9.17, 15) is 16.8 Å². The molecule has 0 radical (unpaired) electrons. The van der Waals surface area contributed by atoms with Crippen molar-refractivity contribution in [2.45, 2.75) is 37.6 Å². The predicted molar refractivity (Wildman–Crippen MR) is 95.7 cm³/mol. The van der Waals surface area contributed by atoms with Crippen molar-refractivity contribution in [3.63, 3.8) is 0 Å². The predicted octanol–water partition coefficient (Wildman–Crippen LogP) is 1.76. The van der Waals surface area contributed by atoms with Gasteiger partial charge < -0.3 is 0 Å². The standard InChI is InChI=1S/C15H20N4O4S2/c1-10-15(11(2)17-16-10)25(22,23)19(14-8-9-14)13-6-4-12(5-7-13)18-24(3,20)21/h4-7,14,18H,8-9H2,1-3H3,(H,16,17). The average molecular weight is 384 g/mol. The second kappa shape index (κ2) is 6.03. The Hall–Kier alpha value is -2.07. The van der Waals surface area contributed by atoms with Gasteiger partial charge in [0.25, 0.3) is 10.0 Å². The van der Waals surface area contributed by atoms with Crippen LogP contribution < -0.4 is 9.03 Å². The van der Waals surface area contributed by atoms with E-state index in [0.29, 0.717) is 22.8 Å². The number of aryl methyl sites for hydroxylation is 2. The smallest absolute Gasteiger partial charge is 0.268 e. The molecular weight excluding hydrogens is 364 g/mol. The van der Waals surface area contributed by atoms with Gasteiger partial charge >= 0.3 is 0 Å². The maximum absolute atomic E-state index is 13.2. The van der Waals surface area contributed by atoms with Gasteiger partial charge in [-0.2, -0.15) is 5.10 Å². The van der Waals surface area contributed by atoms with Crippen LogP contribution in [0.25, 0.3) is 0 Å². The summed E-state index contributed by atoms with van der Waals surface area (Å²) in [6.07, 6.45) is 2.64. The van der Waals surface area contributed by atoms with Gasteiger partial charge in [0.05, 0.1) is 23.3 Å². The van der Waals surface area contributed by atoms with Gasteiger partial charge in [-0.25, -0.2) is 16.8 Å². The Morgan fingerprint density at radius 2 is 1.72 bits per heavy atom. The number of aromatic amines is 1. The summed E-state index contributed by atoms with van der Waals surface area (Å²) in [5, 5.41) is 6.70. The monoisotopic (exact) mass is 384 g/mol. The molecule has 1 aliphatic carbocycles. The van der Waals surface area contributed by atoms with Gasteiger partial charge in [-0.1, -0.05) is 0 Å². The lowest BCUT2D eigenvalue weighted by molar-refractivity contribution is 0.589. The zero-order chi connectivity index (χ0) is 18.4. The first kappa shape index (κ1) is 17.7. The summed E-state index contributed by atoms with van der Waals surface area (Å²) < 4.78 is 52.7. The quantitative estimate of drug-likeness (QED) is 0.788. The lowest BCUT2D eigenvalue weighted by atomic mass is 10.3. The van der Waals surface area contributed by atoms with Crippen LogP contribution in [0.15, 0.2) is 29.2 Å². The van der Waals surface area contributed by atoms with Crippen LogP contribution in [0.2, 0.25) is 0 Å². The number of anilines is 2. The number of H-pyrrole nitrogens is 1. The summed E-state index contributed by atoms with van der Waals surface area (Å²) in [7, 11) is -7.14. The third kappa shape index (κ3) is 3.64. The van der Waals surface area contributed by atoms with Crippen molar-refractivity contribution in [2.75, 3.05) is 15.3 Å². The van der Waals surface area contributed by atoms with E-state index in [4.69, 9.17) is 0 Å². The zero-order valence-electron chi connectivity index (χ0n) is 14.1. The largest absolute Gasteiger partial charge is 0.284 e. The van der Waals surface area contributed by atoms with Crippen molar-refractivity contribution in [3.05, 3.63) is 35.7 Å². The topological polar surface area (TPSA) is 112 Å². The Kier molecular flexibility index (Phi) is 4.28. The third-order valence-electron chi connectivity index (χ3n) is 3.88. The fourth-order valence-corrected chi connectivity index (χ4v) is 5.38. The highest BCUT2D eigenvalue weighted by Crippen LogP contribution is 2.38. The number of benzene rings is 1. The van der Waals surface area contributed by atoms with Crippen LogP contribution in [0, 0.1) is 13.8 Å². The summed E-state index contributed by atoms with van der Waals surface area (Å²) >= 11 is 0. The lowest BCUT2D eigenvalue weighted by Gasteiger charge is -2.24. The number of nitrogens with one attached hydrogen (secondary N) is 2. The minimum atomic E-state index is -3.76. The molecule has 0 atom stereocenters. The van der Waals surface area contributed by atoms with Crippen LogP contribution in [0.3, 0.4) is 0 Å². The Labute approximate surface area is 147 Å². The first-order valence-electron chi connectivity index (χ1n) is 7.73. The molecule has 136 valence electrons. The fraction of sp³-hybridized carbons (Fsp3) is 0.400. The van der Waals surface area contributed by atoms with E-state index in [0.717, 1.165) is 19.1 Å². The molecule has 0 saturated heterocycles. The highest BCUT2D eigenvalue weighted by molar-refractivity contribution is 7.93. The third-order valence-corrected chi connectivity index (χ3v) is 6.63. The number of hydrogen-bond acceptors (Lipinski definition) is 5. The Morgan fingerprint density at radius 1 is 1.12 bits per heavy atom. The molecule has 1 fully saturated rings. The van der Waals surface area contributed by atoms with Crippen LogP contribution in [-0.2, 0) is 20.0 Å². The van der Waals surface area contributed by atoms with Crippen LogP contribution in [-0.4, -0.2) is 39.3 Å². The Bertz CT molecular complexity index is 971. The van der Waals surface area contributed by atoms with E-state index in [1.165, 1.54) is 4.31 Å². The molecule has 3 rings (SSSR count). The van der Waals surface area contributed by atoms with Gasteiger partial charge in [-0.05, 0) is 51.0 Å². The normalized spacial score (nSPS) is 15.2. The molecule has 1 saturated carbocycles. The highest BCUT2D eigenvalue weighted by atomic mass is 32.2. The van der Waals surface area contributed by atoms with Crippen molar-refractivity contribution in [3.8, 4) is 0 Å². The molecule has 0 aliphatic heterocycles. The number of hydrogen-bond donors (Lipinski definition) is 2. The van der Waals surface area contributed by atoms with Gasteiger partial charge in [0.1, 0.15) is 4.90 Å². The molecule has 1 aromatic heterocycles. The molecule has 25 heavy (non-hydrogen) atoms. The molecule has 8 nitrogen and oxygen atoms in total. The number of aromatic nitrogens is 2. The van der Waals surface area contributed by atoms with Gasteiger partial charge in [-0.15, -0.1) is 0 Å². The van der Waals surface area contributed by atoms with Crippen molar-refractivity contribution in [1.29, 1.82) is 0 Å². The van der Waals surface area contributed by atoms with Gasteiger partial charge in [-0.3, -0.25) is 14.1 Å². The van der Waals surface area contributed by atoms with Gasteiger partial charge in [0, 0.05) is 11.7 Å². The maximum atomic E-state index is 13.2. The lowest BCUT2D eigenvalue weighted by Crippen LogP contribution is -2.33. The van der Waals surface area contributed by atoms with Crippen molar-refractivity contribution in [2.24, 2.45) is 0 Å². The molecule has 1 aliphatic rings. The van der Waals surface area contributed by atoms with Crippen molar-refractivity contribution in [1.82, 2.24) is 10.2 Å². The summed E-state index contributed by atoms with van der Waals surface area (Å²) in [5.41, 5.74) is 1.81. The molecule has 2 N–H and O–H groups in total. The molecule has 1 heterocycles. The first-order valence-corrected chi connectivity index (χ1v) is 11.1. The number of rotatable bonds is 6. The minimum Gasteiger partial charge on any atom is -0.284 e. The molecule has 2 aromatic rings. The molecule has 0 unspecified atom stereocenters. The minimum absolute atomic E-state index is 0.0904. The molecule has 0 amide bonds. The van der Waals surface area contributed by atoms with E-state index in [2.05, 4.69) is 14.9 Å². The van der Waals surface area contributed by atoms with Crippen molar-refractivity contribution >= 4 is 31.4 Å². The second-order valence-electron chi connectivity index (χ2n) is 6.22. The summed E-state index contributed by atoms with van der Waals surface area (Å²) in [4.78, 5) is 0.192. The van der Waals surface area contributed by atoms with Crippen LogP contribution >= 0.6 is 0 Å². The van der Waals surface area contributed by atoms with Crippen LogP contribution in [0.5, 0.6) is 0 Å². The zero-order valence-corrected chi connectivity index (χ0v) is 15.8. The molecule has 1 aromatic carbocycles. The SMILES string of the molecule is Cc1n[nH]c(C)c1S(=O)(=O)N(c1ccc(NS(C)(=O)=O)cc1)C1CC1. The average Bonchev–Trinajstić information content (AvgIpc) is 3.24. The van der Waals surface area contributed by atoms with Crippen molar-refractivity contribution < 1.29 is 16.8 Å². The van der Waals surface area contributed by atoms with E-state index >= 15 is 0 Å².